The molecule has 2 aliphatic rings. The molecule has 0 bridgehead atoms. The van der Waals surface area contributed by atoms with Crippen LogP contribution < -0.4 is 5.32 Å². The molecule has 1 N–H and O–H groups in total. The summed E-state index contributed by atoms with van der Waals surface area (Å²) in [7, 11) is 2.07. The average Bonchev–Trinajstić information content (AvgIpc) is 2.47. The summed E-state index contributed by atoms with van der Waals surface area (Å²) in [5.41, 5.74) is 3.68. The molecule has 2 fully saturated rings. The Balaban J connectivity index is 1.85. The molecule has 4 heteroatoms. The van der Waals surface area contributed by atoms with Gasteiger partial charge in [0.05, 0.1) is 17.0 Å². The first-order valence-electron chi connectivity index (χ1n) is 8.32. The highest BCUT2D eigenvalue weighted by molar-refractivity contribution is 5.26. The van der Waals surface area contributed by atoms with Gasteiger partial charge in [0.25, 0.3) is 0 Å². The maximum atomic E-state index is 6.09. The van der Waals surface area contributed by atoms with E-state index >= 15 is 0 Å². The summed E-state index contributed by atoms with van der Waals surface area (Å²) < 4.78 is 6.09. The molecule has 1 aromatic heterocycles. The van der Waals surface area contributed by atoms with Crippen LogP contribution in [0.1, 0.15) is 62.0 Å². The summed E-state index contributed by atoms with van der Waals surface area (Å²) in [6.07, 6.45) is 7.07. The summed E-state index contributed by atoms with van der Waals surface area (Å²) in [6.45, 7) is 5.09. The van der Waals surface area contributed by atoms with E-state index in [9.17, 15) is 0 Å². The fourth-order valence-electron chi connectivity index (χ4n) is 3.99. The quantitative estimate of drug-likeness (QED) is 0.925. The predicted octanol–water partition coefficient (Wildman–Crippen LogP) is 2.96. The third kappa shape index (κ3) is 2.84. The Morgan fingerprint density at radius 2 is 2.24 bits per heavy atom. The predicted molar refractivity (Wildman–Crippen MR) is 83.2 cm³/mol. The molecule has 1 aliphatic carbocycles. The van der Waals surface area contributed by atoms with Crippen molar-refractivity contribution in [3.8, 4) is 0 Å². The molecule has 0 radical (unpaired) electrons. The van der Waals surface area contributed by atoms with Crippen molar-refractivity contribution in [3.05, 3.63) is 23.0 Å². The van der Waals surface area contributed by atoms with Crippen LogP contribution in [0.5, 0.6) is 0 Å². The summed E-state index contributed by atoms with van der Waals surface area (Å²) >= 11 is 0. The highest BCUT2D eigenvalue weighted by atomic mass is 16.5. The highest BCUT2D eigenvalue weighted by Crippen LogP contribution is 2.47. The maximum absolute atomic E-state index is 6.09. The lowest BCUT2D eigenvalue weighted by molar-refractivity contribution is -0.147. The fourth-order valence-corrected chi connectivity index (χ4v) is 3.99. The molecule has 2 heterocycles. The second-order valence-electron chi connectivity index (χ2n) is 6.65. The van der Waals surface area contributed by atoms with Gasteiger partial charge in [-0.25, -0.2) is 0 Å². The number of aromatic nitrogens is 2. The molecule has 1 saturated heterocycles. The number of rotatable bonds is 4. The average molecular weight is 289 g/mol. The second kappa shape index (κ2) is 6.01. The minimum atomic E-state index is 0.194. The molecule has 1 saturated carbocycles. The second-order valence-corrected chi connectivity index (χ2v) is 6.65. The van der Waals surface area contributed by atoms with E-state index < -0.39 is 0 Å². The lowest BCUT2D eigenvalue weighted by atomic mass is 9.69. The van der Waals surface area contributed by atoms with Gasteiger partial charge in [-0.15, -0.1) is 0 Å². The van der Waals surface area contributed by atoms with Crippen molar-refractivity contribution in [2.24, 2.45) is 5.92 Å². The van der Waals surface area contributed by atoms with E-state index in [1.165, 1.54) is 31.2 Å². The molecule has 1 aromatic rings. The minimum Gasteiger partial charge on any atom is -0.375 e. The zero-order valence-electron chi connectivity index (χ0n) is 13.5. The standard InChI is InChI=1S/C17H27N3O/c1-4-15-14(10-12(2)19-20-15)16(18-3)13-6-9-21-17(11-13)7-5-8-17/h10,13,16,18H,4-9,11H2,1-3H3. The Kier molecular flexibility index (Phi) is 4.27. The zero-order chi connectivity index (χ0) is 14.9. The molecule has 1 spiro atoms. The third-order valence-corrected chi connectivity index (χ3v) is 5.27. The van der Waals surface area contributed by atoms with Crippen molar-refractivity contribution in [3.63, 3.8) is 0 Å². The maximum Gasteiger partial charge on any atom is 0.0686 e. The van der Waals surface area contributed by atoms with Crippen molar-refractivity contribution in [1.82, 2.24) is 15.5 Å². The summed E-state index contributed by atoms with van der Waals surface area (Å²) in [4.78, 5) is 0. The number of ether oxygens (including phenoxy) is 1. The Morgan fingerprint density at radius 1 is 1.43 bits per heavy atom. The summed E-state index contributed by atoms with van der Waals surface area (Å²) in [6, 6.07) is 2.59. The molecule has 0 aromatic carbocycles. The van der Waals surface area contributed by atoms with Gasteiger partial charge in [0.1, 0.15) is 0 Å². The van der Waals surface area contributed by atoms with Crippen LogP contribution in [0.3, 0.4) is 0 Å². The Hall–Kier alpha value is -1.00. The SMILES string of the molecule is CCc1nnc(C)cc1C(NC)C1CCOC2(CCC2)C1. The van der Waals surface area contributed by atoms with Gasteiger partial charge < -0.3 is 10.1 Å². The Bertz CT molecular complexity index is 499. The lowest BCUT2D eigenvalue weighted by Crippen LogP contribution is -2.47. The Labute approximate surface area is 127 Å². The first-order valence-corrected chi connectivity index (χ1v) is 8.32. The first-order chi connectivity index (χ1) is 10.2. The monoisotopic (exact) mass is 289 g/mol. The van der Waals surface area contributed by atoms with Crippen molar-refractivity contribution in [2.45, 2.75) is 64.0 Å². The molecule has 2 unspecified atom stereocenters. The fraction of sp³-hybridized carbons (Fsp3) is 0.765. The number of hydrogen-bond donors (Lipinski definition) is 1. The van der Waals surface area contributed by atoms with E-state index in [2.05, 4.69) is 35.6 Å². The van der Waals surface area contributed by atoms with Crippen LogP contribution in [0.15, 0.2) is 6.07 Å². The van der Waals surface area contributed by atoms with E-state index in [-0.39, 0.29) is 5.60 Å². The van der Waals surface area contributed by atoms with Crippen molar-refractivity contribution in [1.29, 1.82) is 0 Å². The molecule has 1 aliphatic heterocycles. The molecular weight excluding hydrogens is 262 g/mol. The Morgan fingerprint density at radius 3 is 2.86 bits per heavy atom. The highest BCUT2D eigenvalue weighted by Gasteiger charge is 2.44. The normalized spacial score (nSPS) is 25.6. The van der Waals surface area contributed by atoms with Gasteiger partial charge in [0.2, 0.25) is 0 Å². The van der Waals surface area contributed by atoms with Crippen LogP contribution in [0.2, 0.25) is 0 Å². The van der Waals surface area contributed by atoms with E-state index in [1.54, 1.807) is 0 Å². The van der Waals surface area contributed by atoms with Gasteiger partial charge in [-0.2, -0.15) is 10.2 Å². The van der Waals surface area contributed by atoms with Gasteiger partial charge in [-0.05, 0) is 70.0 Å². The summed E-state index contributed by atoms with van der Waals surface area (Å²) in [5, 5.41) is 12.2. The van der Waals surface area contributed by atoms with Crippen LogP contribution in [-0.2, 0) is 11.2 Å². The molecule has 0 amide bonds. The van der Waals surface area contributed by atoms with Gasteiger partial charge in [0, 0.05) is 12.6 Å². The molecule has 21 heavy (non-hydrogen) atoms. The van der Waals surface area contributed by atoms with E-state index in [4.69, 9.17) is 4.74 Å². The van der Waals surface area contributed by atoms with Crippen LogP contribution in [0.25, 0.3) is 0 Å². The molecule has 3 rings (SSSR count). The first kappa shape index (κ1) is 14.9. The van der Waals surface area contributed by atoms with E-state index in [0.717, 1.165) is 30.8 Å². The molecule has 4 nitrogen and oxygen atoms in total. The molecular formula is C17H27N3O. The van der Waals surface area contributed by atoms with Gasteiger partial charge >= 0.3 is 0 Å². The molecule has 116 valence electrons. The van der Waals surface area contributed by atoms with Crippen molar-refractivity contribution in [2.75, 3.05) is 13.7 Å². The van der Waals surface area contributed by atoms with Crippen LogP contribution in [-0.4, -0.2) is 29.5 Å². The van der Waals surface area contributed by atoms with Crippen LogP contribution >= 0.6 is 0 Å². The number of nitrogens with zero attached hydrogens (tertiary/aromatic N) is 2. The third-order valence-electron chi connectivity index (χ3n) is 5.27. The van der Waals surface area contributed by atoms with Crippen molar-refractivity contribution >= 4 is 0 Å². The number of aryl methyl sites for hydroxylation is 2. The molecule has 2 atom stereocenters. The topological polar surface area (TPSA) is 47.0 Å². The summed E-state index contributed by atoms with van der Waals surface area (Å²) in [5.74, 6) is 0.637. The number of nitrogens with one attached hydrogen (secondary N) is 1. The largest absolute Gasteiger partial charge is 0.375 e. The van der Waals surface area contributed by atoms with Gasteiger partial charge in [-0.1, -0.05) is 6.92 Å². The smallest absolute Gasteiger partial charge is 0.0686 e. The van der Waals surface area contributed by atoms with E-state index in [1.807, 2.05) is 6.92 Å². The van der Waals surface area contributed by atoms with Crippen molar-refractivity contribution < 1.29 is 4.74 Å². The van der Waals surface area contributed by atoms with E-state index in [0.29, 0.717) is 12.0 Å². The van der Waals surface area contributed by atoms with Gasteiger partial charge in [-0.3, -0.25) is 0 Å². The minimum absolute atomic E-state index is 0.194. The lowest BCUT2D eigenvalue weighted by Gasteiger charge is -2.49. The van der Waals surface area contributed by atoms with Crippen LogP contribution in [0.4, 0.5) is 0 Å². The van der Waals surface area contributed by atoms with Gasteiger partial charge in [0.15, 0.2) is 0 Å². The number of hydrogen-bond acceptors (Lipinski definition) is 4. The zero-order valence-corrected chi connectivity index (χ0v) is 13.5. The van der Waals surface area contributed by atoms with Crippen LogP contribution in [0, 0.1) is 12.8 Å².